The smallest absolute Gasteiger partial charge is 0.272 e. The van der Waals surface area contributed by atoms with Gasteiger partial charge in [0.05, 0.1) is 11.3 Å². The monoisotopic (exact) mass is 396 g/mol. The van der Waals surface area contributed by atoms with E-state index in [-0.39, 0.29) is 17.4 Å². The van der Waals surface area contributed by atoms with Crippen molar-refractivity contribution in [2.75, 3.05) is 0 Å². The number of aromatic hydroxyl groups is 2. The summed E-state index contributed by atoms with van der Waals surface area (Å²) in [7, 11) is 0. The molecule has 0 radical (unpaired) electrons. The second kappa shape index (κ2) is 6.57. The number of phenols is 2. The molecule has 21 heavy (non-hydrogen) atoms. The second-order valence-corrected chi connectivity index (χ2v) is 5.48. The average molecular weight is 396 g/mol. The summed E-state index contributed by atoms with van der Waals surface area (Å²) in [5, 5.41) is 23.0. The molecule has 0 saturated carbocycles. The highest BCUT2D eigenvalue weighted by Crippen LogP contribution is 2.23. The van der Waals surface area contributed by atoms with Crippen molar-refractivity contribution in [3.05, 3.63) is 57.2 Å². The SMILES string of the molecule is C/C(=N\NC(=O)c1ccccc1I)c1ccc(O)cc1O. The van der Waals surface area contributed by atoms with Crippen LogP contribution in [-0.2, 0) is 0 Å². The molecule has 5 nitrogen and oxygen atoms in total. The Morgan fingerprint density at radius 1 is 1.14 bits per heavy atom. The third kappa shape index (κ3) is 3.72. The quantitative estimate of drug-likeness (QED) is 0.424. The van der Waals surface area contributed by atoms with Gasteiger partial charge in [0.2, 0.25) is 0 Å². The van der Waals surface area contributed by atoms with E-state index < -0.39 is 0 Å². The maximum absolute atomic E-state index is 12.0. The van der Waals surface area contributed by atoms with E-state index in [4.69, 9.17) is 0 Å². The summed E-state index contributed by atoms with van der Waals surface area (Å²) in [6, 6.07) is 11.4. The molecule has 0 aliphatic carbocycles. The first kappa shape index (κ1) is 15.3. The Hall–Kier alpha value is -2.09. The zero-order chi connectivity index (χ0) is 15.4. The van der Waals surface area contributed by atoms with Gasteiger partial charge in [-0.2, -0.15) is 5.10 Å². The Morgan fingerprint density at radius 3 is 2.52 bits per heavy atom. The molecule has 2 rings (SSSR count). The molecular weight excluding hydrogens is 383 g/mol. The number of rotatable bonds is 3. The minimum Gasteiger partial charge on any atom is -0.508 e. The summed E-state index contributed by atoms with van der Waals surface area (Å²) in [6.07, 6.45) is 0. The van der Waals surface area contributed by atoms with E-state index in [9.17, 15) is 15.0 Å². The fourth-order valence-corrected chi connectivity index (χ4v) is 2.36. The summed E-state index contributed by atoms with van der Waals surface area (Å²) < 4.78 is 0.827. The highest BCUT2D eigenvalue weighted by atomic mass is 127. The molecule has 3 N–H and O–H groups in total. The van der Waals surface area contributed by atoms with E-state index >= 15 is 0 Å². The number of carbonyl (C=O) groups is 1. The van der Waals surface area contributed by atoms with Crippen LogP contribution in [0.15, 0.2) is 47.6 Å². The number of nitrogens with one attached hydrogen (secondary N) is 1. The molecule has 2 aromatic rings. The molecule has 108 valence electrons. The number of benzene rings is 2. The topological polar surface area (TPSA) is 81.9 Å². The first-order valence-electron chi connectivity index (χ1n) is 6.10. The standard InChI is InChI=1S/C15H13IN2O3/c1-9(11-7-6-10(19)8-14(11)20)17-18-15(21)12-4-2-3-5-13(12)16/h2-8,19-20H,1H3,(H,18,21)/b17-9+. The number of halogens is 1. The van der Waals surface area contributed by atoms with E-state index in [1.807, 2.05) is 12.1 Å². The average Bonchev–Trinajstić information content (AvgIpc) is 2.45. The van der Waals surface area contributed by atoms with Gasteiger partial charge in [-0.1, -0.05) is 12.1 Å². The van der Waals surface area contributed by atoms with Gasteiger partial charge in [-0.3, -0.25) is 4.79 Å². The van der Waals surface area contributed by atoms with Crippen LogP contribution >= 0.6 is 22.6 Å². The molecule has 0 aromatic heterocycles. The third-order valence-electron chi connectivity index (χ3n) is 2.81. The minimum absolute atomic E-state index is 0.0353. The number of hydrogen-bond donors (Lipinski definition) is 3. The largest absolute Gasteiger partial charge is 0.508 e. The first-order chi connectivity index (χ1) is 9.99. The molecule has 0 fully saturated rings. The summed E-state index contributed by atoms with van der Waals surface area (Å²) in [5.74, 6) is -0.454. The van der Waals surface area contributed by atoms with Crippen LogP contribution in [0.3, 0.4) is 0 Å². The van der Waals surface area contributed by atoms with Crippen LogP contribution in [0, 0.1) is 3.57 Å². The van der Waals surface area contributed by atoms with Gasteiger partial charge in [-0.25, -0.2) is 5.43 Å². The Balaban J connectivity index is 2.17. The summed E-state index contributed by atoms with van der Waals surface area (Å²) >= 11 is 2.08. The molecule has 0 unspecified atom stereocenters. The predicted molar refractivity (Wildman–Crippen MR) is 88.6 cm³/mol. The number of phenolic OH excluding ortho intramolecular Hbond substituents is 2. The van der Waals surface area contributed by atoms with Crippen LogP contribution in [0.4, 0.5) is 0 Å². The Kier molecular flexibility index (Phi) is 4.79. The van der Waals surface area contributed by atoms with Crippen molar-refractivity contribution in [2.45, 2.75) is 6.92 Å². The number of amides is 1. The van der Waals surface area contributed by atoms with Crippen molar-refractivity contribution in [2.24, 2.45) is 5.10 Å². The summed E-state index contributed by atoms with van der Waals surface area (Å²) in [6.45, 7) is 1.66. The van der Waals surface area contributed by atoms with Crippen molar-refractivity contribution in [1.29, 1.82) is 0 Å². The molecule has 1 amide bonds. The summed E-state index contributed by atoms with van der Waals surface area (Å²) in [4.78, 5) is 12.0. The van der Waals surface area contributed by atoms with Crippen molar-refractivity contribution in [1.82, 2.24) is 5.43 Å². The van der Waals surface area contributed by atoms with Crippen LogP contribution < -0.4 is 5.43 Å². The maximum Gasteiger partial charge on any atom is 0.272 e. The van der Waals surface area contributed by atoms with Crippen molar-refractivity contribution >= 4 is 34.2 Å². The zero-order valence-electron chi connectivity index (χ0n) is 11.2. The fraction of sp³-hybridized carbons (Fsp3) is 0.0667. The van der Waals surface area contributed by atoms with Gasteiger partial charge in [0.1, 0.15) is 11.5 Å². The van der Waals surface area contributed by atoms with Crippen molar-refractivity contribution in [3.8, 4) is 11.5 Å². The molecule has 0 aliphatic heterocycles. The molecule has 0 spiro atoms. The summed E-state index contributed by atoms with van der Waals surface area (Å²) in [5.41, 5.74) is 3.86. The van der Waals surface area contributed by atoms with Gasteiger partial charge in [0.25, 0.3) is 5.91 Å². The van der Waals surface area contributed by atoms with Crippen LogP contribution in [0.5, 0.6) is 11.5 Å². The molecule has 0 heterocycles. The Labute approximate surface area is 135 Å². The lowest BCUT2D eigenvalue weighted by atomic mass is 10.1. The van der Waals surface area contributed by atoms with Gasteiger partial charge in [0.15, 0.2) is 0 Å². The van der Waals surface area contributed by atoms with E-state index in [2.05, 4.69) is 33.1 Å². The van der Waals surface area contributed by atoms with Gasteiger partial charge < -0.3 is 10.2 Å². The molecule has 0 aliphatic rings. The van der Waals surface area contributed by atoms with Crippen LogP contribution in [0.1, 0.15) is 22.8 Å². The minimum atomic E-state index is -0.322. The van der Waals surface area contributed by atoms with Gasteiger partial charge in [-0.15, -0.1) is 0 Å². The molecule has 6 heteroatoms. The van der Waals surface area contributed by atoms with E-state index in [0.29, 0.717) is 16.8 Å². The molecule has 2 aromatic carbocycles. The molecule has 0 saturated heterocycles. The fourth-order valence-electron chi connectivity index (χ4n) is 1.73. The third-order valence-corrected chi connectivity index (χ3v) is 3.76. The Bertz CT molecular complexity index is 714. The van der Waals surface area contributed by atoms with Crippen molar-refractivity contribution in [3.63, 3.8) is 0 Å². The highest BCUT2D eigenvalue weighted by Gasteiger charge is 2.09. The van der Waals surface area contributed by atoms with E-state index in [0.717, 1.165) is 3.57 Å². The maximum atomic E-state index is 12.0. The van der Waals surface area contributed by atoms with Crippen LogP contribution in [0.25, 0.3) is 0 Å². The van der Waals surface area contributed by atoms with Gasteiger partial charge in [-0.05, 0) is 53.8 Å². The number of hydrogen-bond acceptors (Lipinski definition) is 4. The normalized spacial score (nSPS) is 11.2. The first-order valence-corrected chi connectivity index (χ1v) is 7.18. The highest BCUT2D eigenvalue weighted by molar-refractivity contribution is 14.1. The lowest BCUT2D eigenvalue weighted by Gasteiger charge is -2.06. The van der Waals surface area contributed by atoms with Gasteiger partial charge >= 0.3 is 0 Å². The van der Waals surface area contributed by atoms with E-state index in [1.165, 1.54) is 18.2 Å². The van der Waals surface area contributed by atoms with Gasteiger partial charge in [0, 0.05) is 15.2 Å². The molecular formula is C15H13IN2O3. The number of nitrogens with zero attached hydrogens (tertiary/aromatic N) is 1. The van der Waals surface area contributed by atoms with Crippen molar-refractivity contribution < 1.29 is 15.0 Å². The number of hydrazone groups is 1. The molecule has 0 bridgehead atoms. The lowest BCUT2D eigenvalue weighted by Crippen LogP contribution is -2.20. The number of carbonyl (C=O) groups excluding carboxylic acids is 1. The van der Waals surface area contributed by atoms with Crippen LogP contribution in [0.2, 0.25) is 0 Å². The molecule has 0 atom stereocenters. The van der Waals surface area contributed by atoms with E-state index in [1.54, 1.807) is 19.1 Å². The second-order valence-electron chi connectivity index (χ2n) is 4.32. The predicted octanol–water partition coefficient (Wildman–Crippen LogP) is 2.86. The lowest BCUT2D eigenvalue weighted by molar-refractivity contribution is 0.0954. The zero-order valence-corrected chi connectivity index (χ0v) is 13.3. The Morgan fingerprint density at radius 2 is 1.86 bits per heavy atom. The van der Waals surface area contributed by atoms with Crippen LogP contribution in [-0.4, -0.2) is 21.8 Å².